The van der Waals surface area contributed by atoms with Gasteiger partial charge in [0.05, 0.1) is 10.9 Å². The molecule has 0 aliphatic heterocycles. The maximum absolute atomic E-state index is 11.4. The Morgan fingerprint density at radius 3 is 2.05 bits per heavy atom. The maximum atomic E-state index is 11.4. The number of carbonyl (C=O) groups excluding carboxylic acids is 1. The highest BCUT2D eigenvalue weighted by Gasteiger charge is 2.21. The number of hydrogen-bond acceptors (Lipinski definition) is 3. The van der Waals surface area contributed by atoms with Gasteiger partial charge in [0.1, 0.15) is 0 Å². The van der Waals surface area contributed by atoms with E-state index in [1.54, 1.807) is 30.3 Å². The summed E-state index contributed by atoms with van der Waals surface area (Å²) in [6.07, 6.45) is 5.85. The second kappa shape index (κ2) is 13.3. The zero-order valence-electron chi connectivity index (χ0n) is 13.3. The van der Waals surface area contributed by atoms with Crippen molar-refractivity contribution in [3.05, 3.63) is 35.9 Å². The van der Waals surface area contributed by atoms with Crippen molar-refractivity contribution in [3.8, 4) is 0 Å². The van der Waals surface area contributed by atoms with Crippen molar-refractivity contribution in [2.45, 2.75) is 52.1 Å². The molecule has 1 aromatic rings. The van der Waals surface area contributed by atoms with Crippen LogP contribution in [0.3, 0.4) is 0 Å². The molecule has 0 bridgehead atoms. The van der Waals surface area contributed by atoms with E-state index in [9.17, 15) is 9.59 Å². The summed E-state index contributed by atoms with van der Waals surface area (Å²) in [4.78, 5) is 22.0. The highest BCUT2D eigenvalue weighted by molar-refractivity contribution is 9.09. The van der Waals surface area contributed by atoms with Gasteiger partial charge in [0.2, 0.25) is 6.10 Å². The number of alkyl halides is 1. The zero-order chi connectivity index (χ0) is 16.8. The van der Waals surface area contributed by atoms with E-state index in [0.29, 0.717) is 5.56 Å². The van der Waals surface area contributed by atoms with E-state index >= 15 is 0 Å². The molecule has 1 rings (SSSR count). The molecule has 0 amide bonds. The van der Waals surface area contributed by atoms with E-state index < -0.39 is 18.0 Å². The highest BCUT2D eigenvalue weighted by atomic mass is 79.9. The topological polar surface area (TPSA) is 63.6 Å². The lowest BCUT2D eigenvalue weighted by atomic mass is 10.2. The van der Waals surface area contributed by atoms with Crippen LogP contribution in [0.2, 0.25) is 0 Å². The lowest BCUT2D eigenvalue weighted by molar-refractivity contribution is -0.145. The number of esters is 1. The highest BCUT2D eigenvalue weighted by Crippen LogP contribution is 2.06. The summed E-state index contributed by atoms with van der Waals surface area (Å²) in [6, 6.07) is 8.25. The van der Waals surface area contributed by atoms with Gasteiger partial charge in [-0.3, -0.25) is 0 Å². The van der Waals surface area contributed by atoms with Crippen LogP contribution in [0.25, 0.3) is 0 Å². The number of ether oxygens (including phenoxy) is 1. The Balaban J connectivity index is 0.000000534. The molecule has 22 heavy (non-hydrogen) atoms. The third-order valence-corrected chi connectivity index (χ3v) is 3.47. The van der Waals surface area contributed by atoms with Crippen LogP contribution in [-0.2, 0) is 9.53 Å². The average Bonchev–Trinajstić information content (AvgIpc) is 2.54. The zero-order valence-corrected chi connectivity index (χ0v) is 14.8. The molecule has 124 valence electrons. The Hall–Kier alpha value is -1.36. The van der Waals surface area contributed by atoms with E-state index in [1.165, 1.54) is 32.1 Å². The van der Waals surface area contributed by atoms with Gasteiger partial charge in [-0.05, 0) is 12.1 Å². The van der Waals surface area contributed by atoms with Crippen LogP contribution in [0.15, 0.2) is 30.3 Å². The normalized spacial score (nSPS) is 11.0. The fourth-order valence-electron chi connectivity index (χ4n) is 1.60. The number of benzene rings is 1. The molecule has 1 unspecified atom stereocenters. The number of rotatable bonds is 8. The van der Waals surface area contributed by atoms with E-state index in [0.717, 1.165) is 0 Å². The first kappa shape index (κ1) is 20.6. The molecule has 1 N–H and O–H groups in total. The summed E-state index contributed by atoms with van der Waals surface area (Å²) in [5, 5.41) is 8.73. The van der Waals surface area contributed by atoms with Gasteiger partial charge in [-0.2, -0.15) is 0 Å². The summed E-state index contributed by atoms with van der Waals surface area (Å²) in [5.41, 5.74) is 0.338. The quantitative estimate of drug-likeness (QED) is 0.409. The van der Waals surface area contributed by atoms with Gasteiger partial charge in [-0.15, -0.1) is 0 Å². The molecular weight excluding hydrogens is 348 g/mol. The monoisotopic (exact) mass is 372 g/mol. The van der Waals surface area contributed by atoms with E-state index in [-0.39, 0.29) is 5.33 Å². The molecule has 1 atom stereocenters. The number of hydrogen-bond donors (Lipinski definition) is 1. The summed E-state index contributed by atoms with van der Waals surface area (Å²) >= 11 is 2.96. The van der Waals surface area contributed by atoms with Crippen molar-refractivity contribution in [2.75, 3.05) is 5.33 Å². The van der Waals surface area contributed by atoms with Crippen LogP contribution in [0, 0.1) is 0 Å². The Morgan fingerprint density at radius 1 is 1.09 bits per heavy atom. The summed E-state index contributed by atoms with van der Waals surface area (Å²) < 4.78 is 4.76. The molecular formula is C17H25BrO4. The molecule has 5 heteroatoms. The minimum absolute atomic E-state index is 0.0703. The lowest BCUT2D eigenvalue weighted by Crippen LogP contribution is -2.28. The van der Waals surface area contributed by atoms with E-state index in [4.69, 9.17) is 9.84 Å². The van der Waals surface area contributed by atoms with Crippen molar-refractivity contribution in [2.24, 2.45) is 0 Å². The molecule has 0 saturated carbocycles. The van der Waals surface area contributed by atoms with Gasteiger partial charge < -0.3 is 9.84 Å². The lowest BCUT2D eigenvalue weighted by Gasteiger charge is -2.10. The van der Waals surface area contributed by atoms with Gasteiger partial charge in [-0.1, -0.05) is 80.1 Å². The SMILES string of the molecule is CCCCCCC.O=C(OC(CBr)C(=O)O)c1ccccc1. The van der Waals surface area contributed by atoms with Crippen molar-refractivity contribution in [1.82, 2.24) is 0 Å². The second-order valence-corrected chi connectivity index (χ2v) is 5.46. The smallest absolute Gasteiger partial charge is 0.345 e. The number of carbonyl (C=O) groups is 2. The Kier molecular flexibility index (Phi) is 12.5. The number of carboxylic acid groups (broad SMARTS) is 1. The summed E-state index contributed by atoms with van der Waals surface area (Å²) in [5.74, 6) is -1.81. The molecule has 0 saturated heterocycles. The van der Waals surface area contributed by atoms with Crippen LogP contribution >= 0.6 is 15.9 Å². The first-order valence-electron chi connectivity index (χ1n) is 7.61. The molecule has 0 aliphatic rings. The Bertz CT molecular complexity index is 416. The third-order valence-electron chi connectivity index (χ3n) is 2.88. The fraction of sp³-hybridized carbons (Fsp3) is 0.529. The van der Waals surface area contributed by atoms with Gasteiger partial charge >= 0.3 is 11.9 Å². The van der Waals surface area contributed by atoms with Crippen LogP contribution in [0.4, 0.5) is 0 Å². The molecule has 1 aromatic carbocycles. The van der Waals surface area contributed by atoms with Gasteiger partial charge in [0.25, 0.3) is 0 Å². The van der Waals surface area contributed by atoms with Crippen LogP contribution < -0.4 is 0 Å². The minimum atomic E-state index is -1.17. The maximum Gasteiger partial charge on any atom is 0.345 e. The largest absolute Gasteiger partial charge is 0.478 e. The Labute approximate surface area is 141 Å². The standard InChI is InChI=1S/C10H9BrO4.C7H16/c11-6-8(9(12)13)15-10(14)7-4-2-1-3-5-7;1-3-5-7-6-4-2/h1-5,8H,6H2,(H,12,13);3-7H2,1-2H3. The van der Waals surface area contributed by atoms with Crippen molar-refractivity contribution in [3.63, 3.8) is 0 Å². The minimum Gasteiger partial charge on any atom is -0.478 e. The van der Waals surface area contributed by atoms with Crippen LogP contribution in [-0.4, -0.2) is 28.5 Å². The van der Waals surface area contributed by atoms with E-state index in [2.05, 4.69) is 29.8 Å². The van der Waals surface area contributed by atoms with Crippen molar-refractivity contribution >= 4 is 27.9 Å². The molecule has 0 aromatic heterocycles. The van der Waals surface area contributed by atoms with Crippen LogP contribution in [0.5, 0.6) is 0 Å². The van der Waals surface area contributed by atoms with Crippen LogP contribution in [0.1, 0.15) is 56.3 Å². The van der Waals surface area contributed by atoms with Gasteiger partial charge in [0.15, 0.2) is 0 Å². The number of aliphatic carboxylic acids is 1. The number of carboxylic acids is 1. The third kappa shape index (κ3) is 9.55. The predicted octanol–water partition coefficient (Wildman–Crippen LogP) is 4.67. The van der Waals surface area contributed by atoms with E-state index in [1.807, 2.05) is 0 Å². The molecule has 0 heterocycles. The van der Waals surface area contributed by atoms with Gasteiger partial charge in [-0.25, -0.2) is 9.59 Å². The molecule has 0 spiro atoms. The first-order valence-corrected chi connectivity index (χ1v) is 8.73. The molecule has 0 radical (unpaired) electrons. The van der Waals surface area contributed by atoms with Gasteiger partial charge in [0, 0.05) is 0 Å². The average molecular weight is 373 g/mol. The fourth-order valence-corrected chi connectivity index (χ4v) is 2.01. The van der Waals surface area contributed by atoms with Crippen molar-refractivity contribution in [1.29, 1.82) is 0 Å². The van der Waals surface area contributed by atoms with Crippen molar-refractivity contribution < 1.29 is 19.4 Å². The summed E-state index contributed by atoms with van der Waals surface area (Å²) in [7, 11) is 0. The molecule has 4 nitrogen and oxygen atoms in total. The Morgan fingerprint density at radius 2 is 1.64 bits per heavy atom. The predicted molar refractivity (Wildman–Crippen MR) is 91.5 cm³/mol. The number of unbranched alkanes of at least 4 members (excludes halogenated alkanes) is 4. The summed E-state index contributed by atoms with van der Waals surface area (Å²) in [6.45, 7) is 4.49. The first-order chi connectivity index (χ1) is 10.6. The molecule has 0 aliphatic carbocycles. The molecule has 0 fully saturated rings. The number of halogens is 1. The second-order valence-electron chi connectivity index (χ2n) is 4.81.